The molecule has 0 unspecified atom stereocenters. The molecule has 0 saturated heterocycles. The van der Waals surface area contributed by atoms with Crippen molar-refractivity contribution in [2.24, 2.45) is 0 Å². The van der Waals surface area contributed by atoms with E-state index >= 15 is 0 Å². The van der Waals surface area contributed by atoms with Gasteiger partial charge in [0.1, 0.15) is 0 Å². The minimum Gasteiger partial charge on any atom is -0.398 e. The van der Waals surface area contributed by atoms with Gasteiger partial charge in [-0.2, -0.15) is 0 Å². The Bertz CT molecular complexity index is 395. The Morgan fingerprint density at radius 1 is 1.16 bits per heavy atom. The van der Waals surface area contributed by atoms with E-state index in [-0.39, 0.29) is 0 Å². The first kappa shape index (κ1) is 14.4. The predicted octanol–water partition coefficient (Wildman–Crippen LogP) is 2.62. The number of para-hydroxylation sites is 1. The van der Waals surface area contributed by atoms with Crippen LogP contribution in [0.2, 0.25) is 0 Å². The van der Waals surface area contributed by atoms with Crippen LogP contribution in [0.5, 0.6) is 0 Å². The third-order valence-electron chi connectivity index (χ3n) is 4.56. The van der Waals surface area contributed by atoms with Crippen LogP contribution in [0.3, 0.4) is 0 Å². The molecule has 0 radical (unpaired) electrons. The Hall–Kier alpha value is -1.06. The average molecular weight is 261 g/mol. The van der Waals surface area contributed by atoms with Gasteiger partial charge in [0.2, 0.25) is 0 Å². The molecule has 1 saturated carbocycles. The van der Waals surface area contributed by atoms with Gasteiger partial charge in [-0.3, -0.25) is 0 Å². The van der Waals surface area contributed by atoms with Crippen molar-refractivity contribution in [3.8, 4) is 0 Å². The fourth-order valence-electron chi connectivity index (χ4n) is 3.12. The maximum atomic E-state index is 5.98. The third kappa shape index (κ3) is 3.48. The van der Waals surface area contributed by atoms with Crippen LogP contribution < -0.4 is 11.1 Å². The molecular weight excluding hydrogens is 234 g/mol. The van der Waals surface area contributed by atoms with Crippen molar-refractivity contribution in [3.63, 3.8) is 0 Å². The topological polar surface area (TPSA) is 41.3 Å². The van der Waals surface area contributed by atoms with Crippen molar-refractivity contribution in [3.05, 3.63) is 29.8 Å². The van der Waals surface area contributed by atoms with E-state index < -0.39 is 0 Å². The van der Waals surface area contributed by atoms with E-state index in [9.17, 15) is 0 Å². The Morgan fingerprint density at radius 3 is 2.47 bits per heavy atom. The van der Waals surface area contributed by atoms with Gasteiger partial charge in [-0.15, -0.1) is 0 Å². The Kier molecular flexibility index (Phi) is 4.83. The Balaban J connectivity index is 1.91. The van der Waals surface area contributed by atoms with Crippen LogP contribution in [0.4, 0.5) is 5.69 Å². The van der Waals surface area contributed by atoms with Crippen molar-refractivity contribution < 1.29 is 0 Å². The molecule has 1 fully saturated rings. The standard InChI is InChI=1S/C16H27N3/c1-19(2)16(10-6-3-7-11-16)13-18-12-14-8-4-5-9-15(14)17/h4-5,8-9,18H,3,6-7,10-13,17H2,1-2H3. The van der Waals surface area contributed by atoms with E-state index in [0.717, 1.165) is 18.8 Å². The van der Waals surface area contributed by atoms with Gasteiger partial charge in [-0.25, -0.2) is 0 Å². The van der Waals surface area contributed by atoms with Gasteiger partial charge < -0.3 is 16.0 Å². The minimum absolute atomic E-state index is 0.335. The van der Waals surface area contributed by atoms with E-state index in [1.54, 1.807) is 0 Å². The molecule has 1 aliphatic rings. The number of hydrogen-bond acceptors (Lipinski definition) is 3. The van der Waals surface area contributed by atoms with Crippen molar-refractivity contribution in [2.75, 3.05) is 26.4 Å². The molecule has 1 aliphatic carbocycles. The molecule has 0 aliphatic heterocycles. The molecule has 0 amide bonds. The Morgan fingerprint density at radius 2 is 1.84 bits per heavy atom. The fraction of sp³-hybridized carbons (Fsp3) is 0.625. The first-order chi connectivity index (χ1) is 9.14. The summed E-state index contributed by atoms with van der Waals surface area (Å²) in [6.07, 6.45) is 6.70. The Labute approximate surface area is 117 Å². The summed E-state index contributed by atoms with van der Waals surface area (Å²) in [6.45, 7) is 1.91. The monoisotopic (exact) mass is 261 g/mol. The third-order valence-corrected chi connectivity index (χ3v) is 4.56. The number of hydrogen-bond donors (Lipinski definition) is 2. The van der Waals surface area contributed by atoms with Crippen LogP contribution in [0.15, 0.2) is 24.3 Å². The maximum Gasteiger partial charge on any atom is 0.0359 e. The molecule has 0 heterocycles. The van der Waals surface area contributed by atoms with Crippen molar-refractivity contribution in [2.45, 2.75) is 44.2 Å². The van der Waals surface area contributed by atoms with E-state index in [0.29, 0.717) is 5.54 Å². The van der Waals surface area contributed by atoms with Crippen LogP contribution in [0.25, 0.3) is 0 Å². The van der Waals surface area contributed by atoms with Gasteiger partial charge in [0, 0.05) is 24.3 Å². The molecule has 3 nitrogen and oxygen atoms in total. The number of rotatable bonds is 5. The zero-order valence-electron chi connectivity index (χ0n) is 12.3. The second-order valence-corrected chi connectivity index (χ2v) is 5.98. The van der Waals surface area contributed by atoms with Crippen LogP contribution >= 0.6 is 0 Å². The largest absolute Gasteiger partial charge is 0.398 e. The summed E-state index contributed by atoms with van der Waals surface area (Å²) in [7, 11) is 4.42. The lowest BCUT2D eigenvalue weighted by atomic mass is 9.80. The maximum absolute atomic E-state index is 5.98. The number of anilines is 1. The molecule has 19 heavy (non-hydrogen) atoms. The number of nitrogens with one attached hydrogen (secondary N) is 1. The first-order valence-corrected chi connectivity index (χ1v) is 7.36. The highest BCUT2D eigenvalue weighted by molar-refractivity contribution is 5.46. The number of nitrogens with two attached hydrogens (primary N) is 1. The van der Waals surface area contributed by atoms with E-state index in [1.165, 1.54) is 37.7 Å². The first-order valence-electron chi connectivity index (χ1n) is 7.36. The van der Waals surface area contributed by atoms with E-state index in [2.05, 4.69) is 36.4 Å². The smallest absolute Gasteiger partial charge is 0.0359 e. The van der Waals surface area contributed by atoms with E-state index in [1.807, 2.05) is 12.1 Å². The molecule has 1 aromatic carbocycles. The summed E-state index contributed by atoms with van der Waals surface area (Å²) in [4.78, 5) is 2.41. The average Bonchev–Trinajstić information content (AvgIpc) is 2.42. The molecule has 2 rings (SSSR count). The van der Waals surface area contributed by atoms with E-state index in [4.69, 9.17) is 5.73 Å². The summed E-state index contributed by atoms with van der Waals surface area (Å²) in [5.41, 5.74) is 8.40. The van der Waals surface area contributed by atoms with Gasteiger partial charge in [0.15, 0.2) is 0 Å². The molecule has 0 spiro atoms. The molecule has 3 heteroatoms. The highest BCUT2D eigenvalue weighted by Gasteiger charge is 2.33. The van der Waals surface area contributed by atoms with Crippen LogP contribution in [0, 0.1) is 0 Å². The molecular formula is C16H27N3. The van der Waals surface area contributed by atoms with Crippen LogP contribution in [-0.2, 0) is 6.54 Å². The van der Waals surface area contributed by atoms with Crippen molar-refractivity contribution in [1.82, 2.24) is 10.2 Å². The normalized spacial score (nSPS) is 18.7. The zero-order chi connectivity index (χ0) is 13.7. The van der Waals surface area contributed by atoms with Gasteiger partial charge >= 0.3 is 0 Å². The number of benzene rings is 1. The molecule has 106 valence electrons. The quantitative estimate of drug-likeness (QED) is 0.801. The molecule has 0 bridgehead atoms. The lowest BCUT2D eigenvalue weighted by Crippen LogP contribution is -2.52. The summed E-state index contributed by atoms with van der Waals surface area (Å²) >= 11 is 0. The van der Waals surface area contributed by atoms with Gasteiger partial charge in [-0.05, 0) is 38.6 Å². The summed E-state index contributed by atoms with van der Waals surface area (Å²) in [5, 5.41) is 3.61. The van der Waals surface area contributed by atoms with Gasteiger partial charge in [-0.1, -0.05) is 37.5 Å². The van der Waals surface area contributed by atoms with Crippen LogP contribution in [-0.4, -0.2) is 31.1 Å². The molecule has 3 N–H and O–H groups in total. The second-order valence-electron chi connectivity index (χ2n) is 5.98. The summed E-state index contributed by atoms with van der Waals surface area (Å²) in [6, 6.07) is 8.11. The number of likely N-dealkylation sites (N-methyl/N-ethyl adjacent to an activating group) is 1. The number of nitrogens with zero attached hydrogens (tertiary/aromatic N) is 1. The molecule has 1 aromatic rings. The zero-order valence-corrected chi connectivity index (χ0v) is 12.3. The molecule has 0 aromatic heterocycles. The highest BCUT2D eigenvalue weighted by Crippen LogP contribution is 2.31. The van der Waals surface area contributed by atoms with Gasteiger partial charge in [0.25, 0.3) is 0 Å². The van der Waals surface area contributed by atoms with Crippen molar-refractivity contribution in [1.29, 1.82) is 0 Å². The van der Waals surface area contributed by atoms with Crippen LogP contribution in [0.1, 0.15) is 37.7 Å². The number of nitrogen functional groups attached to an aromatic ring is 1. The summed E-state index contributed by atoms with van der Waals surface area (Å²) < 4.78 is 0. The second kappa shape index (κ2) is 6.40. The molecule has 0 atom stereocenters. The van der Waals surface area contributed by atoms with Gasteiger partial charge in [0.05, 0.1) is 0 Å². The lowest BCUT2D eigenvalue weighted by Gasteiger charge is -2.43. The fourth-order valence-corrected chi connectivity index (χ4v) is 3.12. The summed E-state index contributed by atoms with van der Waals surface area (Å²) in [5.74, 6) is 0. The highest BCUT2D eigenvalue weighted by atomic mass is 15.2. The minimum atomic E-state index is 0.335. The predicted molar refractivity (Wildman–Crippen MR) is 82.1 cm³/mol. The lowest BCUT2D eigenvalue weighted by molar-refractivity contribution is 0.0984. The SMILES string of the molecule is CN(C)C1(CNCc2ccccc2N)CCCCC1. The van der Waals surface area contributed by atoms with Crippen molar-refractivity contribution >= 4 is 5.69 Å².